The fourth-order valence-corrected chi connectivity index (χ4v) is 4.76. The molecule has 1 aliphatic rings. The highest BCUT2D eigenvalue weighted by Gasteiger charge is 2.32. The van der Waals surface area contributed by atoms with Gasteiger partial charge in [0.1, 0.15) is 0 Å². The Morgan fingerprint density at radius 1 is 1.60 bits per heavy atom. The molecule has 0 spiro atoms. The van der Waals surface area contributed by atoms with Gasteiger partial charge >= 0.3 is 5.97 Å². The molecular formula is C12H18N2O4S2. The normalized spacial score (nSPS) is 20.9. The van der Waals surface area contributed by atoms with Gasteiger partial charge in [0.25, 0.3) is 0 Å². The standard InChI is InChI=1S/C12H18N2O4S2/c1-9-11(19-8-13-9)4-6-20(17,18)14-5-2-3-10(7-14)12(15)16/h8,10H,2-7H2,1H3,(H,15,16). The molecule has 1 saturated heterocycles. The smallest absolute Gasteiger partial charge is 0.307 e. The third-order valence-electron chi connectivity index (χ3n) is 3.56. The summed E-state index contributed by atoms with van der Waals surface area (Å²) in [6.45, 7) is 2.38. The summed E-state index contributed by atoms with van der Waals surface area (Å²) < 4.78 is 25.9. The minimum atomic E-state index is -3.39. The quantitative estimate of drug-likeness (QED) is 0.879. The van der Waals surface area contributed by atoms with Gasteiger partial charge in [-0.3, -0.25) is 4.79 Å². The van der Waals surface area contributed by atoms with E-state index in [0.29, 0.717) is 25.8 Å². The van der Waals surface area contributed by atoms with Crippen molar-refractivity contribution in [2.45, 2.75) is 26.2 Å². The number of thiazole rings is 1. The zero-order valence-electron chi connectivity index (χ0n) is 11.3. The highest BCUT2D eigenvalue weighted by molar-refractivity contribution is 7.89. The van der Waals surface area contributed by atoms with Crippen LogP contribution in [-0.4, -0.2) is 47.6 Å². The summed E-state index contributed by atoms with van der Waals surface area (Å²) in [5.41, 5.74) is 2.57. The second-order valence-electron chi connectivity index (χ2n) is 4.96. The molecule has 8 heteroatoms. The lowest BCUT2D eigenvalue weighted by Crippen LogP contribution is -2.43. The predicted molar refractivity (Wildman–Crippen MR) is 76.3 cm³/mol. The summed E-state index contributed by atoms with van der Waals surface area (Å²) in [4.78, 5) is 16.1. The van der Waals surface area contributed by atoms with Crippen LogP contribution in [0.1, 0.15) is 23.4 Å². The van der Waals surface area contributed by atoms with Gasteiger partial charge < -0.3 is 5.11 Å². The number of sulfonamides is 1. The average Bonchev–Trinajstić information content (AvgIpc) is 2.82. The van der Waals surface area contributed by atoms with Crippen LogP contribution in [0.5, 0.6) is 0 Å². The summed E-state index contributed by atoms with van der Waals surface area (Å²) >= 11 is 1.45. The number of aryl methyl sites for hydroxylation is 2. The molecular weight excluding hydrogens is 300 g/mol. The monoisotopic (exact) mass is 318 g/mol. The Kier molecular flexibility index (Phi) is 4.77. The Hall–Kier alpha value is -0.990. The van der Waals surface area contributed by atoms with Crippen molar-refractivity contribution in [1.29, 1.82) is 0 Å². The fourth-order valence-electron chi connectivity index (χ4n) is 2.31. The van der Waals surface area contributed by atoms with Crippen molar-refractivity contribution in [3.8, 4) is 0 Å². The van der Waals surface area contributed by atoms with E-state index in [1.54, 1.807) is 5.51 Å². The van der Waals surface area contributed by atoms with Gasteiger partial charge in [0.15, 0.2) is 0 Å². The number of carbonyl (C=O) groups is 1. The first-order valence-corrected chi connectivity index (χ1v) is 8.98. The molecule has 0 amide bonds. The SMILES string of the molecule is Cc1ncsc1CCS(=O)(=O)N1CCCC(C(=O)O)C1. The summed E-state index contributed by atoms with van der Waals surface area (Å²) in [6.07, 6.45) is 1.60. The lowest BCUT2D eigenvalue weighted by Gasteiger charge is -2.29. The molecule has 1 N–H and O–H groups in total. The molecule has 1 atom stereocenters. The molecule has 6 nitrogen and oxygen atoms in total. The first kappa shape index (κ1) is 15.4. The van der Waals surface area contributed by atoms with Crippen LogP contribution in [0, 0.1) is 12.8 Å². The molecule has 1 aromatic heterocycles. The second-order valence-corrected chi connectivity index (χ2v) is 7.99. The van der Waals surface area contributed by atoms with E-state index in [0.717, 1.165) is 10.6 Å². The summed E-state index contributed by atoms with van der Waals surface area (Å²) in [7, 11) is -3.39. The van der Waals surface area contributed by atoms with E-state index in [2.05, 4.69) is 4.98 Å². The molecule has 0 aromatic carbocycles. The van der Waals surface area contributed by atoms with Gasteiger partial charge in [-0.25, -0.2) is 17.7 Å². The van der Waals surface area contributed by atoms with Crippen LogP contribution in [0.15, 0.2) is 5.51 Å². The number of carboxylic acid groups (broad SMARTS) is 1. The summed E-state index contributed by atoms with van der Waals surface area (Å²) in [6, 6.07) is 0. The van der Waals surface area contributed by atoms with E-state index in [-0.39, 0.29) is 12.3 Å². The lowest BCUT2D eigenvalue weighted by molar-refractivity contribution is -0.142. The van der Waals surface area contributed by atoms with Crippen LogP contribution >= 0.6 is 11.3 Å². The molecule has 2 rings (SSSR count). The van der Waals surface area contributed by atoms with Crippen LogP contribution in [0.2, 0.25) is 0 Å². The Balaban J connectivity index is 1.99. The molecule has 112 valence electrons. The molecule has 20 heavy (non-hydrogen) atoms. The van der Waals surface area contributed by atoms with Crippen molar-refractivity contribution in [2.24, 2.45) is 5.92 Å². The maximum absolute atomic E-state index is 12.3. The third-order valence-corrected chi connectivity index (χ3v) is 6.39. The molecule has 0 saturated carbocycles. The van der Waals surface area contributed by atoms with Gasteiger partial charge in [-0.15, -0.1) is 11.3 Å². The Labute approximate surface area is 122 Å². The maximum Gasteiger partial charge on any atom is 0.307 e. The van der Waals surface area contributed by atoms with Crippen molar-refractivity contribution < 1.29 is 18.3 Å². The van der Waals surface area contributed by atoms with Gasteiger partial charge in [-0.2, -0.15) is 0 Å². The number of carboxylic acids is 1. The van der Waals surface area contributed by atoms with E-state index in [4.69, 9.17) is 5.11 Å². The fraction of sp³-hybridized carbons (Fsp3) is 0.667. The van der Waals surface area contributed by atoms with E-state index in [9.17, 15) is 13.2 Å². The van der Waals surface area contributed by atoms with Crippen molar-refractivity contribution in [3.63, 3.8) is 0 Å². The average molecular weight is 318 g/mol. The van der Waals surface area contributed by atoms with Gasteiger partial charge in [0, 0.05) is 18.0 Å². The van der Waals surface area contributed by atoms with E-state index >= 15 is 0 Å². The number of aromatic nitrogens is 1. The maximum atomic E-state index is 12.3. The number of piperidine rings is 1. The number of nitrogens with zero attached hydrogens (tertiary/aromatic N) is 2. The number of hydrogen-bond acceptors (Lipinski definition) is 5. The van der Waals surface area contributed by atoms with Crippen molar-refractivity contribution >= 4 is 27.3 Å². The van der Waals surface area contributed by atoms with Gasteiger partial charge in [-0.1, -0.05) is 0 Å². The Bertz CT molecular complexity index is 582. The summed E-state index contributed by atoms with van der Waals surface area (Å²) in [5.74, 6) is -1.48. The summed E-state index contributed by atoms with van der Waals surface area (Å²) in [5, 5.41) is 9.01. The zero-order chi connectivity index (χ0) is 14.8. The molecule has 1 unspecified atom stereocenters. The van der Waals surface area contributed by atoms with Gasteiger partial charge in [-0.05, 0) is 26.2 Å². The Morgan fingerprint density at radius 2 is 2.35 bits per heavy atom. The van der Waals surface area contributed by atoms with Crippen molar-refractivity contribution in [1.82, 2.24) is 9.29 Å². The zero-order valence-corrected chi connectivity index (χ0v) is 12.9. The highest BCUT2D eigenvalue weighted by atomic mass is 32.2. The third kappa shape index (κ3) is 3.56. The van der Waals surface area contributed by atoms with Crippen LogP contribution in [0.25, 0.3) is 0 Å². The van der Waals surface area contributed by atoms with Crippen LogP contribution in [0.3, 0.4) is 0 Å². The first-order valence-electron chi connectivity index (χ1n) is 6.50. The molecule has 0 radical (unpaired) electrons. The van der Waals surface area contributed by atoms with Gasteiger partial charge in [0.05, 0.1) is 22.9 Å². The Morgan fingerprint density at radius 3 is 2.95 bits per heavy atom. The number of aliphatic carboxylic acids is 1. The van der Waals surface area contributed by atoms with Crippen LogP contribution in [0.4, 0.5) is 0 Å². The molecule has 1 fully saturated rings. The topological polar surface area (TPSA) is 87.6 Å². The first-order chi connectivity index (χ1) is 9.40. The van der Waals surface area contributed by atoms with Crippen molar-refractivity contribution in [2.75, 3.05) is 18.8 Å². The molecule has 0 bridgehead atoms. The van der Waals surface area contributed by atoms with E-state index < -0.39 is 21.9 Å². The number of hydrogen-bond donors (Lipinski definition) is 1. The van der Waals surface area contributed by atoms with Crippen molar-refractivity contribution in [3.05, 3.63) is 16.1 Å². The molecule has 0 aliphatic carbocycles. The minimum absolute atomic E-state index is 0.0162. The largest absolute Gasteiger partial charge is 0.481 e. The van der Waals surface area contributed by atoms with E-state index in [1.165, 1.54) is 15.6 Å². The van der Waals surface area contributed by atoms with Crippen LogP contribution < -0.4 is 0 Å². The van der Waals surface area contributed by atoms with E-state index in [1.807, 2.05) is 6.92 Å². The molecule has 2 heterocycles. The van der Waals surface area contributed by atoms with Gasteiger partial charge in [0.2, 0.25) is 10.0 Å². The van der Waals surface area contributed by atoms with Crippen LogP contribution in [-0.2, 0) is 21.2 Å². The lowest BCUT2D eigenvalue weighted by atomic mass is 10.0. The highest BCUT2D eigenvalue weighted by Crippen LogP contribution is 2.21. The number of rotatable bonds is 5. The molecule has 1 aliphatic heterocycles. The minimum Gasteiger partial charge on any atom is -0.481 e. The predicted octanol–water partition coefficient (Wildman–Crippen LogP) is 1.12. The molecule has 1 aromatic rings. The second kappa shape index (κ2) is 6.19.